The van der Waals surface area contributed by atoms with Gasteiger partial charge in [-0.15, -0.1) is 0 Å². The topological polar surface area (TPSA) is 228 Å². The van der Waals surface area contributed by atoms with E-state index in [-0.39, 0.29) is 18.9 Å². The second-order valence-corrected chi connectivity index (χ2v) is 20.4. The molecule has 2 saturated heterocycles. The second kappa shape index (κ2) is 48.1. The molecule has 2 aliphatic heterocycles. The van der Waals surface area contributed by atoms with Crippen LogP contribution in [0.15, 0.2) is 122 Å². The van der Waals surface area contributed by atoms with Crippen molar-refractivity contribution in [2.45, 2.75) is 254 Å². The van der Waals surface area contributed by atoms with Crippen LogP contribution in [0.3, 0.4) is 0 Å². The van der Waals surface area contributed by atoms with Crippen molar-refractivity contribution in [1.29, 1.82) is 0 Å². The summed E-state index contributed by atoms with van der Waals surface area (Å²) >= 11 is 0. The SMILES string of the molecule is CC/C=C\C/C=C\C/C=C\C/C=C\C/C=C\C/C=C\C/C=C\C/C=C\CCCCCCCCCCC(=O)NC(COC1OC(CO)C(OC2OC(CO)C(O)C(O)C2O)C(O)C1O)C(O)/C=C/CC/C=C/CCCCCCC. The molecule has 0 aromatic carbocycles. The lowest BCUT2D eigenvalue weighted by Gasteiger charge is -2.46. The molecule has 2 rings (SSSR count). The van der Waals surface area contributed by atoms with Gasteiger partial charge in [0.05, 0.1) is 32.0 Å². The summed E-state index contributed by atoms with van der Waals surface area (Å²) in [5.41, 5.74) is 0. The standard InChI is InChI=1S/C64H105NO13/c1-3-5-7-9-11-13-15-16-17-18-19-20-21-22-23-24-25-26-27-28-29-30-31-32-33-34-35-36-38-40-42-44-46-48-56(69)65-52(53(68)47-45-43-41-39-37-14-12-10-8-6-4-2)51-75-63-61(74)59(72)62(55(50-67)77-63)78-64-60(73)58(71)57(70)54(49-66)76-64/h5,7,11,13,16-17,19-20,22-23,25-26,28-29,31-32,37,39,45,47,52-55,57-64,66-68,70-74H,3-4,6,8-10,12,14-15,18,21,24,27,30,33-36,38,40-44,46,48-51H2,1-2H3,(H,65,69)/b7-5-,13-11-,17-16-,20-19-,23-22-,26-25-,29-28-,32-31-,39-37+,47-45+. The summed E-state index contributed by atoms with van der Waals surface area (Å²) < 4.78 is 22.7. The Labute approximate surface area is 469 Å². The predicted octanol–water partition coefficient (Wildman–Crippen LogP) is 10.2. The number of hydrogen-bond acceptors (Lipinski definition) is 13. The van der Waals surface area contributed by atoms with Crippen LogP contribution in [-0.4, -0.2) is 140 Å². The zero-order valence-corrected chi connectivity index (χ0v) is 47.6. The van der Waals surface area contributed by atoms with E-state index in [0.717, 1.165) is 96.3 Å². The molecule has 2 heterocycles. The summed E-state index contributed by atoms with van der Waals surface area (Å²) in [5.74, 6) is -0.266. The van der Waals surface area contributed by atoms with Crippen molar-refractivity contribution in [1.82, 2.24) is 5.32 Å². The number of hydrogen-bond donors (Lipinski definition) is 9. The van der Waals surface area contributed by atoms with Gasteiger partial charge in [-0.2, -0.15) is 0 Å². The van der Waals surface area contributed by atoms with E-state index in [1.54, 1.807) is 6.08 Å². The van der Waals surface area contributed by atoms with Gasteiger partial charge in [0, 0.05) is 6.42 Å². The Morgan fingerprint density at radius 3 is 1.41 bits per heavy atom. The summed E-state index contributed by atoms with van der Waals surface area (Å²) in [7, 11) is 0. The number of nitrogens with one attached hydrogen (secondary N) is 1. The first kappa shape index (κ1) is 70.5. The fraction of sp³-hybridized carbons (Fsp3) is 0.672. The van der Waals surface area contributed by atoms with Crippen molar-refractivity contribution in [3.63, 3.8) is 0 Å². The van der Waals surface area contributed by atoms with Crippen molar-refractivity contribution < 1.29 is 64.6 Å². The number of ether oxygens (including phenoxy) is 4. The van der Waals surface area contributed by atoms with E-state index in [4.69, 9.17) is 18.9 Å². The van der Waals surface area contributed by atoms with E-state index in [1.165, 1.54) is 51.4 Å². The first-order chi connectivity index (χ1) is 38.1. The normalized spacial score (nSPS) is 25.5. The van der Waals surface area contributed by atoms with Gasteiger partial charge < -0.3 is 65.1 Å². The maximum absolute atomic E-state index is 13.2. The number of amides is 1. The molecule has 14 nitrogen and oxygen atoms in total. The molecule has 0 aromatic heterocycles. The van der Waals surface area contributed by atoms with Crippen LogP contribution in [0.2, 0.25) is 0 Å². The van der Waals surface area contributed by atoms with Crippen molar-refractivity contribution >= 4 is 5.91 Å². The van der Waals surface area contributed by atoms with Crippen molar-refractivity contribution in [3.8, 4) is 0 Å². The lowest BCUT2D eigenvalue weighted by Crippen LogP contribution is -2.65. The Morgan fingerprint density at radius 2 is 0.897 bits per heavy atom. The van der Waals surface area contributed by atoms with Crippen LogP contribution in [0.4, 0.5) is 0 Å². The molecule has 0 spiro atoms. The van der Waals surface area contributed by atoms with Crippen LogP contribution >= 0.6 is 0 Å². The molecule has 12 atom stereocenters. The Balaban J connectivity index is 1.68. The van der Waals surface area contributed by atoms with Crippen LogP contribution in [0.1, 0.15) is 181 Å². The van der Waals surface area contributed by atoms with E-state index >= 15 is 0 Å². The quantitative estimate of drug-likeness (QED) is 0.0205. The van der Waals surface area contributed by atoms with Gasteiger partial charge >= 0.3 is 0 Å². The number of rotatable bonds is 45. The van der Waals surface area contributed by atoms with Gasteiger partial charge in [-0.3, -0.25) is 4.79 Å². The monoisotopic (exact) mass is 1100 g/mol. The highest BCUT2D eigenvalue weighted by Crippen LogP contribution is 2.30. The average molecular weight is 1100 g/mol. The molecule has 444 valence electrons. The summed E-state index contributed by atoms with van der Waals surface area (Å²) in [6, 6.07) is -0.943. The van der Waals surface area contributed by atoms with Crippen LogP contribution in [0, 0.1) is 0 Å². The van der Waals surface area contributed by atoms with Crippen molar-refractivity contribution in [3.05, 3.63) is 122 Å². The minimum atomic E-state index is -1.80. The molecular formula is C64H105NO13. The molecule has 0 radical (unpaired) electrons. The van der Waals surface area contributed by atoms with Gasteiger partial charge in [-0.25, -0.2) is 0 Å². The number of carbonyl (C=O) groups excluding carboxylic acids is 1. The molecule has 9 N–H and O–H groups in total. The van der Waals surface area contributed by atoms with Crippen LogP contribution in [0.25, 0.3) is 0 Å². The van der Waals surface area contributed by atoms with Gasteiger partial charge in [0.15, 0.2) is 12.6 Å². The fourth-order valence-electron chi connectivity index (χ4n) is 8.85. The van der Waals surface area contributed by atoms with Gasteiger partial charge in [0.1, 0.15) is 48.8 Å². The molecule has 14 heteroatoms. The van der Waals surface area contributed by atoms with E-state index < -0.39 is 86.8 Å². The van der Waals surface area contributed by atoms with E-state index in [1.807, 2.05) is 6.08 Å². The Bertz CT molecular complexity index is 1770. The number of unbranched alkanes of at least 4 members (excludes halogenated alkanes) is 14. The number of allylic oxidation sites excluding steroid dienone is 19. The molecule has 2 aliphatic rings. The number of aliphatic hydroxyl groups is 8. The lowest BCUT2D eigenvalue weighted by atomic mass is 9.97. The predicted molar refractivity (Wildman–Crippen MR) is 313 cm³/mol. The summed E-state index contributed by atoms with van der Waals surface area (Å²) in [4.78, 5) is 13.2. The van der Waals surface area contributed by atoms with Crippen LogP contribution in [0.5, 0.6) is 0 Å². The lowest BCUT2D eigenvalue weighted by molar-refractivity contribution is -0.359. The first-order valence-electron chi connectivity index (χ1n) is 29.8. The zero-order valence-electron chi connectivity index (χ0n) is 47.6. The van der Waals surface area contributed by atoms with Crippen LogP contribution < -0.4 is 5.32 Å². The molecule has 0 saturated carbocycles. The Hall–Kier alpha value is -3.61. The highest BCUT2D eigenvalue weighted by atomic mass is 16.7. The molecular weight excluding hydrogens is 991 g/mol. The maximum atomic E-state index is 13.2. The molecule has 0 aromatic rings. The third kappa shape index (κ3) is 33.2. The van der Waals surface area contributed by atoms with Gasteiger partial charge in [0.25, 0.3) is 0 Å². The average Bonchev–Trinajstić information content (AvgIpc) is 3.47. The summed E-state index contributed by atoms with van der Waals surface area (Å²) in [5, 5.41) is 86.8. The number of carbonyl (C=O) groups is 1. The van der Waals surface area contributed by atoms with Crippen LogP contribution in [-0.2, 0) is 23.7 Å². The third-order valence-corrected chi connectivity index (χ3v) is 13.6. The highest BCUT2D eigenvalue weighted by molar-refractivity contribution is 5.76. The largest absolute Gasteiger partial charge is 0.394 e. The zero-order chi connectivity index (χ0) is 56.7. The molecule has 0 aliphatic carbocycles. The Morgan fingerprint density at radius 1 is 0.474 bits per heavy atom. The molecule has 2 fully saturated rings. The third-order valence-electron chi connectivity index (χ3n) is 13.6. The minimum absolute atomic E-state index is 0.255. The van der Waals surface area contributed by atoms with Gasteiger partial charge in [-0.05, 0) is 96.3 Å². The number of aliphatic hydroxyl groups excluding tert-OH is 8. The fourth-order valence-corrected chi connectivity index (χ4v) is 8.85. The smallest absolute Gasteiger partial charge is 0.220 e. The van der Waals surface area contributed by atoms with E-state index in [0.29, 0.717) is 12.8 Å². The first-order valence-corrected chi connectivity index (χ1v) is 29.8. The Kier molecular flexibility index (Phi) is 43.5. The second-order valence-electron chi connectivity index (χ2n) is 20.4. The van der Waals surface area contributed by atoms with E-state index in [2.05, 4.69) is 129 Å². The molecule has 78 heavy (non-hydrogen) atoms. The van der Waals surface area contributed by atoms with E-state index in [9.17, 15) is 45.6 Å². The molecule has 1 amide bonds. The highest BCUT2D eigenvalue weighted by Gasteiger charge is 2.51. The van der Waals surface area contributed by atoms with Crippen molar-refractivity contribution in [2.75, 3.05) is 19.8 Å². The minimum Gasteiger partial charge on any atom is -0.394 e. The van der Waals surface area contributed by atoms with Crippen molar-refractivity contribution in [2.24, 2.45) is 0 Å². The van der Waals surface area contributed by atoms with Gasteiger partial charge in [-0.1, -0.05) is 200 Å². The summed E-state index contributed by atoms with van der Waals surface area (Å²) in [6.45, 7) is 2.60. The van der Waals surface area contributed by atoms with Gasteiger partial charge in [0.2, 0.25) is 5.91 Å². The maximum Gasteiger partial charge on any atom is 0.220 e. The summed E-state index contributed by atoms with van der Waals surface area (Å²) in [6.07, 6.45) is 52.5. The molecule has 0 bridgehead atoms. The molecule has 12 unspecified atom stereocenters.